The number of hydrogen-bond acceptors (Lipinski definition) is 1. The number of benzene rings is 1. The van der Waals surface area contributed by atoms with Crippen molar-refractivity contribution in [1.82, 2.24) is 0 Å². The van der Waals surface area contributed by atoms with E-state index in [1.807, 2.05) is 19.9 Å². The molecule has 0 saturated carbocycles. The number of carbonyl (C=O) groups is 1. The first-order valence-electron chi connectivity index (χ1n) is 5.43. The van der Waals surface area contributed by atoms with Gasteiger partial charge in [-0.15, -0.1) is 0 Å². The fourth-order valence-corrected chi connectivity index (χ4v) is 1.38. The summed E-state index contributed by atoms with van der Waals surface area (Å²) in [6.07, 6.45) is 3.95. The lowest BCUT2D eigenvalue weighted by Gasteiger charge is -2.04. The van der Waals surface area contributed by atoms with E-state index in [1.54, 1.807) is 0 Å². The van der Waals surface area contributed by atoms with Crippen molar-refractivity contribution in [3.8, 4) is 0 Å². The van der Waals surface area contributed by atoms with Gasteiger partial charge in [-0.2, -0.15) is 0 Å². The second-order valence-electron chi connectivity index (χ2n) is 4.01. The zero-order chi connectivity index (χ0) is 11.3. The Labute approximate surface area is 91.8 Å². The third-order valence-electron chi connectivity index (χ3n) is 2.52. The van der Waals surface area contributed by atoms with Crippen molar-refractivity contribution in [1.29, 1.82) is 0 Å². The fraction of sp³-hybridized carbons (Fsp3) is 0.357. The van der Waals surface area contributed by atoms with E-state index in [9.17, 15) is 4.79 Å². The molecule has 0 spiro atoms. The highest BCUT2D eigenvalue weighted by atomic mass is 16.1. The Balaban J connectivity index is 2.91. The Kier molecular flexibility index (Phi) is 4.29. The van der Waals surface area contributed by atoms with Crippen LogP contribution in [0.2, 0.25) is 0 Å². The Morgan fingerprint density at radius 1 is 1.27 bits per heavy atom. The van der Waals surface area contributed by atoms with E-state index < -0.39 is 0 Å². The van der Waals surface area contributed by atoms with Gasteiger partial charge in [-0.25, -0.2) is 0 Å². The molecule has 15 heavy (non-hydrogen) atoms. The van der Waals surface area contributed by atoms with Crippen molar-refractivity contribution in [3.05, 3.63) is 41.0 Å². The lowest BCUT2D eigenvalue weighted by Crippen LogP contribution is -1.94. The van der Waals surface area contributed by atoms with Gasteiger partial charge < -0.3 is 0 Å². The Morgan fingerprint density at radius 2 is 1.87 bits per heavy atom. The molecule has 80 valence electrons. The molecule has 0 aromatic heterocycles. The molecule has 1 rings (SSSR count). The number of rotatable bonds is 4. The van der Waals surface area contributed by atoms with Gasteiger partial charge >= 0.3 is 0 Å². The van der Waals surface area contributed by atoms with Crippen LogP contribution in [0.25, 0.3) is 6.08 Å². The lowest BCUT2D eigenvalue weighted by molar-refractivity contribution is -0.105. The molecule has 0 N–H and O–H groups in total. The first-order chi connectivity index (χ1) is 7.17. The van der Waals surface area contributed by atoms with E-state index >= 15 is 0 Å². The topological polar surface area (TPSA) is 17.1 Å². The second kappa shape index (κ2) is 5.50. The summed E-state index contributed by atoms with van der Waals surface area (Å²) in [7, 11) is 0. The van der Waals surface area contributed by atoms with Crippen LogP contribution in [-0.4, -0.2) is 6.29 Å². The van der Waals surface area contributed by atoms with Gasteiger partial charge in [0.05, 0.1) is 0 Å². The molecular weight excluding hydrogens is 184 g/mol. The van der Waals surface area contributed by atoms with Crippen molar-refractivity contribution < 1.29 is 4.79 Å². The third kappa shape index (κ3) is 3.35. The molecule has 0 fully saturated rings. The van der Waals surface area contributed by atoms with Gasteiger partial charge in [-0.05, 0) is 35.1 Å². The van der Waals surface area contributed by atoms with E-state index in [0.717, 1.165) is 23.8 Å². The van der Waals surface area contributed by atoms with Crippen LogP contribution in [0.5, 0.6) is 0 Å². The largest absolute Gasteiger partial charge is 0.298 e. The molecule has 0 aliphatic rings. The van der Waals surface area contributed by atoms with Gasteiger partial charge in [0.15, 0.2) is 0 Å². The van der Waals surface area contributed by atoms with Crippen molar-refractivity contribution in [3.63, 3.8) is 0 Å². The fourth-order valence-electron chi connectivity index (χ4n) is 1.38. The zero-order valence-electron chi connectivity index (χ0n) is 9.66. The summed E-state index contributed by atoms with van der Waals surface area (Å²) >= 11 is 0. The summed E-state index contributed by atoms with van der Waals surface area (Å²) < 4.78 is 0. The highest BCUT2D eigenvalue weighted by Gasteiger charge is 2.01. The average Bonchev–Trinajstić information content (AvgIpc) is 2.26. The molecule has 1 aromatic rings. The van der Waals surface area contributed by atoms with E-state index in [1.165, 1.54) is 5.56 Å². The highest BCUT2D eigenvalue weighted by Crippen LogP contribution is 2.13. The maximum atomic E-state index is 10.8. The van der Waals surface area contributed by atoms with Crippen LogP contribution in [0.15, 0.2) is 29.8 Å². The lowest BCUT2D eigenvalue weighted by atomic mass is 10.0. The van der Waals surface area contributed by atoms with Crippen LogP contribution in [0.1, 0.15) is 31.9 Å². The molecule has 1 heteroatoms. The number of aryl methyl sites for hydroxylation is 1. The van der Waals surface area contributed by atoms with Crippen LogP contribution in [0.3, 0.4) is 0 Å². The Morgan fingerprint density at radius 3 is 2.27 bits per heavy atom. The monoisotopic (exact) mass is 202 g/mol. The van der Waals surface area contributed by atoms with E-state index in [0.29, 0.717) is 0 Å². The quantitative estimate of drug-likeness (QED) is 0.539. The molecule has 0 unspecified atom stereocenters. The van der Waals surface area contributed by atoms with Crippen LogP contribution >= 0.6 is 0 Å². The van der Waals surface area contributed by atoms with Crippen LogP contribution in [0.4, 0.5) is 0 Å². The molecule has 0 saturated heterocycles. The average molecular weight is 202 g/mol. The number of carbonyl (C=O) groups excluding carboxylic acids is 1. The molecule has 0 atom stereocenters. The minimum absolute atomic E-state index is 0.286. The first-order valence-corrected chi connectivity index (χ1v) is 5.43. The Hall–Kier alpha value is -1.37. The summed E-state index contributed by atoms with van der Waals surface area (Å²) in [5.74, 6) is 0.286. The second-order valence-corrected chi connectivity index (χ2v) is 4.01. The predicted octanol–water partition coefficient (Wildman–Crippen LogP) is 3.49. The molecule has 0 amide bonds. The van der Waals surface area contributed by atoms with Crippen LogP contribution < -0.4 is 0 Å². The van der Waals surface area contributed by atoms with Crippen LogP contribution in [-0.2, 0) is 11.2 Å². The standard InChI is InChI=1S/C14H18O/c1-4-12-5-7-13(8-6-12)9-14(10-15)11(2)3/h5-11H,4H2,1-3H3/b14-9-. The number of aldehydes is 1. The highest BCUT2D eigenvalue weighted by molar-refractivity contribution is 5.82. The van der Waals surface area contributed by atoms with Crippen molar-refractivity contribution in [2.75, 3.05) is 0 Å². The Bertz CT molecular complexity index is 344. The van der Waals surface area contributed by atoms with Crippen molar-refractivity contribution in [2.45, 2.75) is 27.2 Å². The minimum Gasteiger partial charge on any atom is -0.298 e. The summed E-state index contributed by atoms with van der Waals surface area (Å²) in [5, 5.41) is 0. The van der Waals surface area contributed by atoms with Gasteiger partial charge in [0.2, 0.25) is 0 Å². The van der Waals surface area contributed by atoms with Gasteiger partial charge in [0, 0.05) is 0 Å². The molecule has 0 heterocycles. The summed E-state index contributed by atoms with van der Waals surface area (Å²) in [5.41, 5.74) is 3.27. The molecule has 0 radical (unpaired) electrons. The third-order valence-corrected chi connectivity index (χ3v) is 2.52. The molecule has 1 aromatic carbocycles. The number of hydrogen-bond donors (Lipinski definition) is 0. The number of allylic oxidation sites excluding steroid dienone is 1. The normalized spacial score (nSPS) is 11.9. The first kappa shape index (κ1) is 11.7. The summed E-state index contributed by atoms with van der Waals surface area (Å²) in [6, 6.07) is 8.33. The van der Waals surface area contributed by atoms with Gasteiger partial charge in [0.25, 0.3) is 0 Å². The summed E-state index contributed by atoms with van der Waals surface area (Å²) in [4.78, 5) is 10.8. The molecule has 0 aliphatic heterocycles. The molecule has 0 aliphatic carbocycles. The van der Waals surface area contributed by atoms with Crippen LogP contribution in [0, 0.1) is 5.92 Å². The smallest absolute Gasteiger partial charge is 0.146 e. The maximum Gasteiger partial charge on any atom is 0.146 e. The SMILES string of the molecule is CCc1ccc(/C=C(/C=O)C(C)C)cc1. The van der Waals surface area contributed by atoms with Crippen molar-refractivity contribution in [2.24, 2.45) is 5.92 Å². The predicted molar refractivity (Wildman–Crippen MR) is 64.7 cm³/mol. The van der Waals surface area contributed by atoms with E-state index in [4.69, 9.17) is 0 Å². The van der Waals surface area contributed by atoms with Gasteiger partial charge in [-0.1, -0.05) is 45.0 Å². The van der Waals surface area contributed by atoms with E-state index in [-0.39, 0.29) is 5.92 Å². The zero-order valence-corrected chi connectivity index (χ0v) is 9.66. The van der Waals surface area contributed by atoms with Gasteiger partial charge in [-0.3, -0.25) is 4.79 Å². The summed E-state index contributed by atoms with van der Waals surface area (Å²) in [6.45, 7) is 6.19. The van der Waals surface area contributed by atoms with Gasteiger partial charge in [0.1, 0.15) is 6.29 Å². The van der Waals surface area contributed by atoms with Crippen molar-refractivity contribution >= 4 is 12.4 Å². The van der Waals surface area contributed by atoms with E-state index in [2.05, 4.69) is 31.2 Å². The molecule has 0 bridgehead atoms. The minimum atomic E-state index is 0.286. The molecule has 1 nitrogen and oxygen atoms in total. The maximum absolute atomic E-state index is 10.8. The molecular formula is C14H18O.